The maximum atomic E-state index is 13.6. The third-order valence-electron chi connectivity index (χ3n) is 10.6. The first-order chi connectivity index (χ1) is 27.7. The van der Waals surface area contributed by atoms with Crippen molar-refractivity contribution >= 4 is 59.9 Å². The van der Waals surface area contributed by atoms with Crippen LogP contribution in [0.15, 0.2) is 118 Å². The van der Waals surface area contributed by atoms with Crippen LogP contribution in [0.25, 0.3) is 11.1 Å². The highest BCUT2D eigenvalue weighted by molar-refractivity contribution is 7.89. The number of benzene rings is 4. The number of hydrogen-bond acceptors (Lipinski definition) is 9. The van der Waals surface area contributed by atoms with E-state index in [1.807, 2.05) is 81.1 Å². The number of nitrogens with one attached hydrogen (secondary N) is 2. The number of esters is 1. The van der Waals surface area contributed by atoms with Crippen molar-refractivity contribution in [1.82, 2.24) is 9.44 Å². The number of carbonyl (C=O) groups is 1. The predicted molar refractivity (Wildman–Crippen MR) is 236 cm³/mol. The Morgan fingerprint density at radius 3 is 1.90 bits per heavy atom. The molecule has 0 bridgehead atoms. The summed E-state index contributed by atoms with van der Waals surface area (Å²) in [6.07, 6.45) is 4.43. The smallest absolute Gasteiger partial charge is 0.311 e. The van der Waals surface area contributed by atoms with Crippen molar-refractivity contribution in [2.24, 2.45) is 10.4 Å². The molecule has 2 N–H and O–H groups in total. The lowest BCUT2D eigenvalue weighted by Gasteiger charge is -2.26. The SMILES string of the molecule is CCN(CC)c1ccc(C(=C2C=CC(=NCCOC(=O)C(C)(C)CC)c3c2cccc3S(=O)(=O)NC)c2ccc(N(CC)c3cccc(S(=O)(=O)NC)c3)cc2)cc1. The van der Waals surface area contributed by atoms with E-state index in [9.17, 15) is 21.6 Å². The summed E-state index contributed by atoms with van der Waals surface area (Å²) in [5.41, 5.74) is 7.18. The molecule has 4 aromatic carbocycles. The van der Waals surface area contributed by atoms with E-state index in [1.54, 1.807) is 30.3 Å². The average molecular weight is 826 g/mol. The van der Waals surface area contributed by atoms with Crippen LogP contribution >= 0.6 is 0 Å². The second-order valence-corrected chi connectivity index (χ2v) is 18.1. The first-order valence-corrected chi connectivity index (χ1v) is 22.6. The standard InChI is InChI=1S/C45H55N5O6S2/c1-9-45(5,6)44(51)56-30-29-48-40-28-27-39(38-17-14-18-41(43(38)40)58(54,55)47-8)42(32-19-23-34(24-20-32)49(10-2)11-3)33-21-25-35(26-22-33)50(12-4)36-15-13-16-37(31-36)57(52,53)46-7/h13-28,31,46-47H,9-12,29-30H2,1-8H3. The molecule has 4 aromatic rings. The zero-order valence-corrected chi connectivity index (χ0v) is 36.3. The van der Waals surface area contributed by atoms with Crippen molar-refractivity contribution in [1.29, 1.82) is 0 Å². The van der Waals surface area contributed by atoms with Gasteiger partial charge in [-0.05, 0) is 138 Å². The number of nitrogens with zero attached hydrogens (tertiary/aromatic N) is 3. The number of sulfonamides is 2. The molecule has 0 fully saturated rings. The number of hydrogen-bond donors (Lipinski definition) is 2. The first-order valence-electron chi connectivity index (χ1n) is 19.6. The number of fused-ring (bicyclic) bond motifs is 1. The van der Waals surface area contributed by atoms with Crippen molar-refractivity contribution < 1.29 is 26.4 Å². The van der Waals surface area contributed by atoms with Gasteiger partial charge in [-0.15, -0.1) is 0 Å². The van der Waals surface area contributed by atoms with E-state index < -0.39 is 25.5 Å². The van der Waals surface area contributed by atoms with Gasteiger partial charge < -0.3 is 14.5 Å². The Bertz CT molecular complexity index is 2420. The van der Waals surface area contributed by atoms with Gasteiger partial charge in [0.15, 0.2) is 0 Å². The molecule has 0 aromatic heterocycles. The minimum Gasteiger partial charge on any atom is -0.463 e. The van der Waals surface area contributed by atoms with Crippen LogP contribution in [-0.2, 0) is 29.6 Å². The molecule has 0 radical (unpaired) electrons. The Kier molecular flexibility index (Phi) is 14.2. The van der Waals surface area contributed by atoms with Gasteiger partial charge in [-0.3, -0.25) is 9.79 Å². The first kappa shape index (κ1) is 44.0. The maximum absolute atomic E-state index is 13.6. The second-order valence-electron chi connectivity index (χ2n) is 14.4. The lowest BCUT2D eigenvalue weighted by Crippen LogP contribution is -2.26. The van der Waals surface area contributed by atoms with E-state index in [2.05, 4.69) is 52.5 Å². The summed E-state index contributed by atoms with van der Waals surface area (Å²) in [6, 6.07) is 28.5. The predicted octanol–water partition coefficient (Wildman–Crippen LogP) is 7.80. The van der Waals surface area contributed by atoms with E-state index in [4.69, 9.17) is 9.73 Å². The van der Waals surface area contributed by atoms with E-state index in [0.717, 1.165) is 52.4 Å². The van der Waals surface area contributed by atoms with Crippen LogP contribution in [0.2, 0.25) is 0 Å². The van der Waals surface area contributed by atoms with Gasteiger partial charge in [0.05, 0.1) is 27.5 Å². The third-order valence-corrected chi connectivity index (χ3v) is 13.5. The number of ether oxygens (including phenoxy) is 1. The largest absolute Gasteiger partial charge is 0.463 e. The van der Waals surface area contributed by atoms with E-state index in [0.29, 0.717) is 29.8 Å². The molecule has 0 amide bonds. The number of carbonyl (C=O) groups excluding carboxylic acids is 1. The van der Waals surface area contributed by atoms with Crippen LogP contribution in [0.4, 0.5) is 17.1 Å². The minimum absolute atomic E-state index is 0.0550. The molecular formula is C45H55N5O6S2. The van der Waals surface area contributed by atoms with E-state index in [-0.39, 0.29) is 28.9 Å². The number of anilines is 3. The highest BCUT2D eigenvalue weighted by Gasteiger charge is 2.29. The summed E-state index contributed by atoms with van der Waals surface area (Å²) in [5.74, 6) is -0.307. The van der Waals surface area contributed by atoms with Crippen LogP contribution in [0.1, 0.15) is 70.2 Å². The molecule has 13 heteroatoms. The molecule has 0 saturated heterocycles. The third kappa shape index (κ3) is 9.44. The van der Waals surface area contributed by atoms with Crippen LogP contribution in [-0.4, -0.2) is 75.4 Å². The Labute approximate surface area is 344 Å². The molecule has 1 aliphatic rings. The monoisotopic (exact) mass is 825 g/mol. The molecule has 0 spiro atoms. The highest BCUT2D eigenvalue weighted by atomic mass is 32.2. The molecule has 0 saturated carbocycles. The lowest BCUT2D eigenvalue weighted by atomic mass is 9.83. The topological polar surface area (TPSA) is 137 Å². The van der Waals surface area contributed by atoms with Gasteiger partial charge in [-0.2, -0.15) is 0 Å². The van der Waals surface area contributed by atoms with Crippen LogP contribution in [0, 0.1) is 5.41 Å². The van der Waals surface area contributed by atoms with Gasteiger partial charge in [-0.1, -0.05) is 55.5 Å². The fraction of sp³-hybridized carbons (Fsp3) is 0.333. The van der Waals surface area contributed by atoms with Gasteiger partial charge in [0.1, 0.15) is 6.61 Å². The minimum atomic E-state index is -3.92. The van der Waals surface area contributed by atoms with Gasteiger partial charge in [0.2, 0.25) is 20.0 Å². The Hall–Kier alpha value is -5.08. The number of aliphatic imine (C=N–C) groups is 1. The van der Waals surface area contributed by atoms with Crippen molar-refractivity contribution in [3.8, 4) is 0 Å². The van der Waals surface area contributed by atoms with Gasteiger partial charge in [0, 0.05) is 42.3 Å². The lowest BCUT2D eigenvalue weighted by molar-refractivity contribution is -0.153. The molecular weight excluding hydrogens is 771 g/mol. The molecule has 58 heavy (non-hydrogen) atoms. The summed E-state index contributed by atoms with van der Waals surface area (Å²) in [4.78, 5) is 22.0. The molecule has 5 rings (SSSR count). The van der Waals surface area contributed by atoms with Crippen molar-refractivity contribution in [2.45, 2.75) is 57.8 Å². The maximum Gasteiger partial charge on any atom is 0.311 e. The molecule has 0 aliphatic heterocycles. The Morgan fingerprint density at radius 1 is 0.724 bits per heavy atom. The van der Waals surface area contributed by atoms with Crippen molar-refractivity contribution in [2.75, 3.05) is 56.7 Å². The van der Waals surface area contributed by atoms with Crippen molar-refractivity contribution in [3.63, 3.8) is 0 Å². The second kappa shape index (κ2) is 18.7. The molecule has 1 aliphatic carbocycles. The zero-order valence-electron chi connectivity index (χ0n) is 34.7. The van der Waals surface area contributed by atoms with E-state index >= 15 is 0 Å². The van der Waals surface area contributed by atoms with E-state index in [1.165, 1.54) is 14.1 Å². The average Bonchev–Trinajstić information content (AvgIpc) is 3.24. The molecule has 0 heterocycles. The van der Waals surface area contributed by atoms with Crippen LogP contribution < -0.4 is 19.2 Å². The highest BCUT2D eigenvalue weighted by Crippen LogP contribution is 2.40. The summed E-state index contributed by atoms with van der Waals surface area (Å²) in [6.45, 7) is 14.4. The fourth-order valence-corrected chi connectivity index (χ4v) is 8.58. The summed E-state index contributed by atoms with van der Waals surface area (Å²) >= 11 is 0. The number of rotatable bonds is 17. The summed E-state index contributed by atoms with van der Waals surface area (Å²) in [5, 5.41) is 0. The summed E-state index contributed by atoms with van der Waals surface area (Å²) < 4.78 is 62.8. The van der Waals surface area contributed by atoms with Crippen molar-refractivity contribution in [3.05, 3.63) is 125 Å². The molecule has 0 unspecified atom stereocenters. The van der Waals surface area contributed by atoms with Crippen LogP contribution in [0.5, 0.6) is 0 Å². The molecule has 0 atom stereocenters. The Morgan fingerprint density at radius 2 is 1.33 bits per heavy atom. The molecule has 308 valence electrons. The molecule has 11 nitrogen and oxygen atoms in total. The van der Waals surface area contributed by atoms with Gasteiger partial charge >= 0.3 is 5.97 Å². The summed E-state index contributed by atoms with van der Waals surface area (Å²) in [7, 11) is -4.78. The number of allylic oxidation sites excluding steroid dienone is 3. The zero-order chi connectivity index (χ0) is 42.3. The quantitative estimate of drug-likeness (QED) is 0.0813. The fourth-order valence-electron chi connectivity index (χ4n) is 6.85. The normalized spacial score (nSPS) is 14.6. The van der Waals surface area contributed by atoms with Gasteiger partial charge in [0.25, 0.3) is 0 Å². The Balaban J connectivity index is 1.68. The van der Waals surface area contributed by atoms with Gasteiger partial charge in [-0.25, -0.2) is 26.3 Å². The van der Waals surface area contributed by atoms with Crippen LogP contribution in [0.3, 0.4) is 0 Å².